The number of hydrogen-bond acceptors (Lipinski definition) is 5. The molecule has 0 saturated heterocycles. The molecule has 0 amide bonds. The first kappa shape index (κ1) is 12.6. The Morgan fingerprint density at radius 1 is 1.44 bits per heavy atom. The molecule has 2 aromatic heterocycles. The summed E-state index contributed by atoms with van der Waals surface area (Å²) in [7, 11) is 0. The second-order valence-corrected chi connectivity index (χ2v) is 4.33. The normalized spacial score (nSPS) is 10.9. The summed E-state index contributed by atoms with van der Waals surface area (Å²) < 4.78 is 10.8. The van der Waals surface area contributed by atoms with Crippen molar-refractivity contribution in [3.8, 4) is 11.8 Å². The summed E-state index contributed by atoms with van der Waals surface area (Å²) in [4.78, 5) is 8.37. The zero-order chi connectivity index (χ0) is 13.0. The average Bonchev–Trinajstić information content (AvgIpc) is 2.77. The van der Waals surface area contributed by atoms with E-state index in [1.807, 2.05) is 19.1 Å². The van der Waals surface area contributed by atoms with Crippen LogP contribution in [-0.4, -0.2) is 16.0 Å². The molecule has 1 N–H and O–H groups in total. The van der Waals surface area contributed by atoms with E-state index >= 15 is 0 Å². The molecule has 0 atom stereocenters. The predicted octanol–water partition coefficient (Wildman–Crippen LogP) is 2.67. The molecule has 0 aliphatic rings. The van der Waals surface area contributed by atoms with E-state index in [9.17, 15) is 0 Å². The highest BCUT2D eigenvalue weighted by Crippen LogP contribution is 2.22. The van der Waals surface area contributed by atoms with E-state index in [0.29, 0.717) is 18.3 Å². The van der Waals surface area contributed by atoms with Gasteiger partial charge < -0.3 is 14.5 Å². The maximum absolute atomic E-state index is 5.53. The maximum Gasteiger partial charge on any atom is 0.399 e. The number of pyridine rings is 1. The molecule has 2 aromatic rings. The lowest BCUT2D eigenvalue weighted by molar-refractivity contribution is 0.328. The fourth-order valence-electron chi connectivity index (χ4n) is 1.40. The molecule has 5 heteroatoms. The van der Waals surface area contributed by atoms with Gasteiger partial charge in [0, 0.05) is 18.8 Å². The Hall–Kier alpha value is -1.88. The number of nitrogens with one attached hydrogen (secondary N) is 1. The Balaban J connectivity index is 2.00. The van der Waals surface area contributed by atoms with Crippen molar-refractivity contribution in [1.82, 2.24) is 15.3 Å². The lowest BCUT2D eigenvalue weighted by atomic mass is 10.3. The number of oxazole rings is 1. The van der Waals surface area contributed by atoms with E-state index < -0.39 is 0 Å². The third kappa shape index (κ3) is 3.30. The van der Waals surface area contributed by atoms with E-state index in [1.165, 1.54) is 0 Å². The number of nitrogens with zero attached hydrogens (tertiary/aromatic N) is 2. The van der Waals surface area contributed by atoms with Crippen LogP contribution in [0.4, 0.5) is 0 Å². The zero-order valence-electron chi connectivity index (χ0n) is 10.8. The van der Waals surface area contributed by atoms with E-state index in [-0.39, 0.29) is 6.08 Å². The van der Waals surface area contributed by atoms with Crippen molar-refractivity contribution < 1.29 is 9.15 Å². The Morgan fingerprint density at radius 2 is 2.28 bits per heavy atom. The van der Waals surface area contributed by atoms with Crippen LogP contribution in [0.1, 0.15) is 25.2 Å². The summed E-state index contributed by atoms with van der Waals surface area (Å²) in [5.74, 6) is 0.655. The van der Waals surface area contributed by atoms with Crippen molar-refractivity contribution in [3.05, 3.63) is 36.0 Å². The van der Waals surface area contributed by atoms with Gasteiger partial charge in [0.05, 0.1) is 11.4 Å². The molecule has 2 heterocycles. The first-order valence-corrected chi connectivity index (χ1v) is 5.92. The highest BCUT2D eigenvalue weighted by atomic mass is 16.6. The molecule has 0 fully saturated rings. The number of rotatable bonds is 5. The van der Waals surface area contributed by atoms with E-state index in [1.54, 1.807) is 12.5 Å². The van der Waals surface area contributed by atoms with Crippen LogP contribution in [0.2, 0.25) is 0 Å². The molecule has 0 bridgehead atoms. The van der Waals surface area contributed by atoms with Gasteiger partial charge in [-0.05, 0) is 19.1 Å². The number of aryl methyl sites for hydroxylation is 1. The molecule has 0 radical (unpaired) electrons. The van der Waals surface area contributed by atoms with Gasteiger partial charge in [-0.15, -0.1) is 0 Å². The van der Waals surface area contributed by atoms with E-state index in [0.717, 1.165) is 11.4 Å². The number of hydrogen-bond donors (Lipinski definition) is 1. The minimum atomic E-state index is 0.242. The third-order valence-corrected chi connectivity index (χ3v) is 2.38. The van der Waals surface area contributed by atoms with Gasteiger partial charge >= 0.3 is 6.08 Å². The average molecular weight is 247 g/mol. The largest absolute Gasteiger partial charge is 0.417 e. The Morgan fingerprint density at radius 3 is 3.00 bits per heavy atom. The second kappa shape index (κ2) is 5.64. The van der Waals surface area contributed by atoms with Crippen LogP contribution in [0, 0.1) is 6.92 Å². The molecule has 0 unspecified atom stereocenters. The first-order chi connectivity index (χ1) is 8.65. The maximum atomic E-state index is 5.53. The SMILES string of the molecule is Cc1ncccc1Oc1nc(CNC(C)C)co1. The predicted molar refractivity (Wildman–Crippen MR) is 67.5 cm³/mol. The minimum Gasteiger partial charge on any atom is -0.417 e. The summed E-state index contributed by atoms with van der Waals surface area (Å²) in [5, 5.41) is 3.26. The fraction of sp³-hybridized carbons (Fsp3) is 0.385. The van der Waals surface area contributed by atoms with Crippen LogP contribution in [0.3, 0.4) is 0 Å². The van der Waals surface area contributed by atoms with Gasteiger partial charge in [-0.3, -0.25) is 4.98 Å². The van der Waals surface area contributed by atoms with Crippen LogP contribution in [0.25, 0.3) is 0 Å². The number of ether oxygens (including phenoxy) is 1. The van der Waals surface area contributed by atoms with Crippen molar-refractivity contribution in [2.75, 3.05) is 0 Å². The van der Waals surface area contributed by atoms with E-state index in [2.05, 4.69) is 29.1 Å². The molecule has 0 aliphatic heterocycles. The topological polar surface area (TPSA) is 60.2 Å². The van der Waals surface area contributed by atoms with Crippen LogP contribution in [-0.2, 0) is 6.54 Å². The second-order valence-electron chi connectivity index (χ2n) is 4.33. The van der Waals surface area contributed by atoms with Crippen molar-refractivity contribution >= 4 is 0 Å². The Bertz CT molecular complexity index is 508. The lowest BCUT2D eigenvalue weighted by Gasteiger charge is -2.04. The molecule has 2 rings (SSSR count). The molecule has 0 spiro atoms. The van der Waals surface area contributed by atoms with Crippen molar-refractivity contribution in [2.24, 2.45) is 0 Å². The smallest absolute Gasteiger partial charge is 0.399 e. The quantitative estimate of drug-likeness (QED) is 0.880. The highest BCUT2D eigenvalue weighted by Gasteiger charge is 2.08. The minimum absolute atomic E-state index is 0.242. The van der Waals surface area contributed by atoms with Gasteiger partial charge in [0.25, 0.3) is 0 Å². The van der Waals surface area contributed by atoms with Crippen LogP contribution in [0.5, 0.6) is 11.8 Å². The zero-order valence-corrected chi connectivity index (χ0v) is 10.8. The molecular weight excluding hydrogens is 230 g/mol. The highest BCUT2D eigenvalue weighted by molar-refractivity contribution is 5.27. The first-order valence-electron chi connectivity index (χ1n) is 5.92. The van der Waals surface area contributed by atoms with Gasteiger partial charge in [-0.1, -0.05) is 13.8 Å². The van der Waals surface area contributed by atoms with Crippen LogP contribution in [0.15, 0.2) is 29.0 Å². The molecule has 5 nitrogen and oxygen atoms in total. The monoisotopic (exact) mass is 247 g/mol. The summed E-state index contributed by atoms with van der Waals surface area (Å²) in [5.41, 5.74) is 1.62. The van der Waals surface area contributed by atoms with Gasteiger partial charge in [0.1, 0.15) is 6.26 Å². The van der Waals surface area contributed by atoms with Gasteiger partial charge in [-0.25, -0.2) is 0 Å². The Labute approximate surface area is 106 Å². The lowest BCUT2D eigenvalue weighted by Crippen LogP contribution is -2.21. The van der Waals surface area contributed by atoms with Gasteiger partial charge in [-0.2, -0.15) is 4.98 Å². The third-order valence-electron chi connectivity index (χ3n) is 2.38. The van der Waals surface area contributed by atoms with Gasteiger partial charge in [0.2, 0.25) is 0 Å². The van der Waals surface area contributed by atoms with Crippen LogP contribution >= 0.6 is 0 Å². The van der Waals surface area contributed by atoms with Gasteiger partial charge in [0.15, 0.2) is 5.75 Å². The molecule has 96 valence electrons. The molecule has 0 aliphatic carbocycles. The standard InChI is InChI=1S/C13H17N3O2/c1-9(2)15-7-11-8-17-13(16-11)18-12-5-4-6-14-10(12)3/h4-6,8-9,15H,7H2,1-3H3. The summed E-state index contributed by atoms with van der Waals surface area (Å²) >= 11 is 0. The van der Waals surface area contributed by atoms with Crippen LogP contribution < -0.4 is 10.1 Å². The number of aromatic nitrogens is 2. The molecular formula is C13H17N3O2. The summed E-state index contributed by atoms with van der Waals surface area (Å²) in [6, 6.07) is 4.05. The molecule has 0 aromatic carbocycles. The molecule has 0 saturated carbocycles. The summed E-state index contributed by atoms with van der Waals surface area (Å²) in [6.45, 7) is 6.70. The fourth-order valence-corrected chi connectivity index (χ4v) is 1.40. The van der Waals surface area contributed by atoms with Crippen molar-refractivity contribution in [3.63, 3.8) is 0 Å². The van der Waals surface area contributed by atoms with E-state index in [4.69, 9.17) is 9.15 Å². The summed E-state index contributed by atoms with van der Waals surface area (Å²) in [6.07, 6.45) is 3.55. The molecule has 18 heavy (non-hydrogen) atoms. The van der Waals surface area contributed by atoms with Crippen molar-refractivity contribution in [1.29, 1.82) is 0 Å². The van der Waals surface area contributed by atoms with Crippen molar-refractivity contribution in [2.45, 2.75) is 33.4 Å². The Kier molecular flexibility index (Phi) is 3.94.